The van der Waals surface area contributed by atoms with Gasteiger partial charge in [-0.05, 0) is 31.4 Å². The molecular weight excluding hydrogens is 374 g/mol. The zero-order valence-corrected chi connectivity index (χ0v) is 14.6. The van der Waals surface area contributed by atoms with Crippen LogP contribution in [0.25, 0.3) is 0 Å². The molecule has 2 N–H and O–H groups in total. The van der Waals surface area contributed by atoms with Crippen LogP contribution in [0.4, 0.5) is 5.69 Å². The van der Waals surface area contributed by atoms with E-state index in [1.165, 1.54) is 12.1 Å². The highest BCUT2D eigenvalue weighted by Crippen LogP contribution is 2.26. The van der Waals surface area contributed by atoms with Crippen LogP contribution in [-0.2, 0) is 11.2 Å². The largest absolute Gasteiger partial charge is 0.339 e. The van der Waals surface area contributed by atoms with Crippen molar-refractivity contribution in [2.45, 2.75) is 25.8 Å². The maximum Gasteiger partial charge on any atom is 0.270 e. The van der Waals surface area contributed by atoms with Crippen molar-refractivity contribution in [2.24, 2.45) is 11.7 Å². The molecule has 0 aliphatic carbocycles. The van der Waals surface area contributed by atoms with Gasteiger partial charge in [0.15, 0.2) is 0 Å². The minimum absolute atomic E-state index is 0. The second-order valence-corrected chi connectivity index (χ2v) is 6.30. The van der Waals surface area contributed by atoms with Crippen LogP contribution in [0.1, 0.15) is 18.9 Å². The fourth-order valence-corrected chi connectivity index (χ4v) is 3.23. The average Bonchev–Trinajstić information content (AvgIpc) is 2.82. The standard InChI is InChI=1S/C14H18BrN3O3.ClH/c1-9-4-10(7-16)8-17(9)14(19)5-11-2-3-12(18(20)21)6-13(11)15;/h2-3,6,9-10H,4-5,7-8,16H2,1H3;1H. The summed E-state index contributed by atoms with van der Waals surface area (Å²) in [7, 11) is 0. The molecule has 0 spiro atoms. The van der Waals surface area contributed by atoms with Crippen LogP contribution in [0, 0.1) is 16.0 Å². The lowest BCUT2D eigenvalue weighted by Crippen LogP contribution is -2.35. The van der Waals surface area contributed by atoms with Gasteiger partial charge in [-0.1, -0.05) is 22.0 Å². The number of halogens is 2. The lowest BCUT2D eigenvalue weighted by atomic mass is 10.1. The van der Waals surface area contributed by atoms with Crippen molar-refractivity contribution in [3.8, 4) is 0 Å². The minimum Gasteiger partial charge on any atom is -0.339 e. The number of non-ortho nitro benzene ring substituents is 1. The summed E-state index contributed by atoms with van der Waals surface area (Å²) in [6.45, 7) is 3.31. The third-order valence-electron chi connectivity index (χ3n) is 3.90. The molecule has 0 saturated carbocycles. The number of nitro benzene ring substituents is 1. The van der Waals surface area contributed by atoms with Gasteiger partial charge in [-0.25, -0.2) is 0 Å². The monoisotopic (exact) mass is 391 g/mol. The van der Waals surface area contributed by atoms with E-state index in [2.05, 4.69) is 15.9 Å². The fraction of sp³-hybridized carbons (Fsp3) is 0.500. The number of nitrogens with zero attached hydrogens (tertiary/aromatic N) is 2. The Morgan fingerprint density at radius 2 is 2.23 bits per heavy atom. The number of carbonyl (C=O) groups is 1. The zero-order chi connectivity index (χ0) is 15.6. The van der Waals surface area contributed by atoms with Crippen LogP contribution in [-0.4, -0.2) is 34.9 Å². The maximum atomic E-state index is 12.4. The summed E-state index contributed by atoms with van der Waals surface area (Å²) in [5, 5.41) is 10.7. The normalized spacial score (nSPS) is 20.6. The number of benzene rings is 1. The van der Waals surface area contributed by atoms with Crippen molar-refractivity contribution in [1.29, 1.82) is 0 Å². The molecule has 1 aliphatic rings. The van der Waals surface area contributed by atoms with Crippen LogP contribution in [0.2, 0.25) is 0 Å². The molecule has 1 amide bonds. The van der Waals surface area contributed by atoms with Crippen LogP contribution in [0.5, 0.6) is 0 Å². The van der Waals surface area contributed by atoms with Crippen LogP contribution in [0.3, 0.4) is 0 Å². The first-order valence-electron chi connectivity index (χ1n) is 6.84. The molecule has 2 atom stereocenters. The highest BCUT2D eigenvalue weighted by molar-refractivity contribution is 9.10. The number of nitrogens with two attached hydrogens (primary N) is 1. The third kappa shape index (κ3) is 4.18. The summed E-state index contributed by atoms with van der Waals surface area (Å²) in [6.07, 6.45) is 1.17. The average molecular weight is 393 g/mol. The Hall–Kier alpha value is -1.18. The summed E-state index contributed by atoms with van der Waals surface area (Å²) in [4.78, 5) is 24.5. The molecular formula is C14H19BrClN3O3. The molecule has 22 heavy (non-hydrogen) atoms. The molecule has 8 heteroatoms. The van der Waals surface area contributed by atoms with E-state index in [9.17, 15) is 14.9 Å². The van der Waals surface area contributed by atoms with E-state index in [1.54, 1.807) is 6.07 Å². The third-order valence-corrected chi connectivity index (χ3v) is 4.64. The first-order chi connectivity index (χ1) is 9.92. The molecule has 1 aromatic carbocycles. The number of rotatable bonds is 4. The Morgan fingerprint density at radius 3 is 2.73 bits per heavy atom. The van der Waals surface area contributed by atoms with Crippen molar-refractivity contribution in [1.82, 2.24) is 4.90 Å². The van der Waals surface area contributed by atoms with Gasteiger partial charge in [0.2, 0.25) is 5.91 Å². The maximum absolute atomic E-state index is 12.4. The molecule has 122 valence electrons. The Kier molecular flexibility index (Phi) is 6.77. The van der Waals surface area contributed by atoms with E-state index >= 15 is 0 Å². The van der Waals surface area contributed by atoms with E-state index in [0.29, 0.717) is 23.5 Å². The molecule has 0 bridgehead atoms. The number of carbonyl (C=O) groups excluding carboxylic acids is 1. The number of hydrogen-bond donors (Lipinski definition) is 1. The molecule has 2 unspecified atom stereocenters. The van der Waals surface area contributed by atoms with E-state index in [1.807, 2.05) is 11.8 Å². The minimum atomic E-state index is -0.454. The van der Waals surface area contributed by atoms with Crippen molar-refractivity contribution in [2.75, 3.05) is 13.1 Å². The van der Waals surface area contributed by atoms with Gasteiger partial charge in [0.1, 0.15) is 0 Å². The lowest BCUT2D eigenvalue weighted by molar-refractivity contribution is -0.384. The van der Waals surface area contributed by atoms with Gasteiger partial charge in [0.05, 0.1) is 11.3 Å². The van der Waals surface area contributed by atoms with Crippen LogP contribution < -0.4 is 5.73 Å². The van der Waals surface area contributed by atoms with Crippen molar-refractivity contribution >= 4 is 39.9 Å². The smallest absolute Gasteiger partial charge is 0.270 e. The van der Waals surface area contributed by atoms with Crippen LogP contribution in [0.15, 0.2) is 22.7 Å². The highest BCUT2D eigenvalue weighted by atomic mass is 79.9. The Morgan fingerprint density at radius 1 is 1.55 bits per heavy atom. The topological polar surface area (TPSA) is 89.5 Å². The van der Waals surface area contributed by atoms with Crippen molar-refractivity contribution in [3.63, 3.8) is 0 Å². The number of amides is 1. The van der Waals surface area contributed by atoms with Gasteiger partial charge >= 0.3 is 0 Å². The number of likely N-dealkylation sites (tertiary alicyclic amines) is 1. The van der Waals surface area contributed by atoms with Crippen LogP contribution >= 0.6 is 28.3 Å². The van der Waals surface area contributed by atoms with Gasteiger partial charge in [0, 0.05) is 29.2 Å². The van der Waals surface area contributed by atoms with Crippen molar-refractivity contribution in [3.05, 3.63) is 38.3 Å². The van der Waals surface area contributed by atoms with Crippen molar-refractivity contribution < 1.29 is 9.72 Å². The number of nitro groups is 1. The molecule has 2 rings (SSSR count). The molecule has 1 heterocycles. The lowest BCUT2D eigenvalue weighted by Gasteiger charge is -2.21. The van der Waals surface area contributed by atoms with Gasteiger partial charge in [0.25, 0.3) is 5.69 Å². The van der Waals surface area contributed by atoms with E-state index in [4.69, 9.17) is 5.73 Å². The van der Waals surface area contributed by atoms with E-state index in [0.717, 1.165) is 12.0 Å². The van der Waals surface area contributed by atoms with E-state index in [-0.39, 0.29) is 36.5 Å². The van der Waals surface area contributed by atoms with E-state index < -0.39 is 4.92 Å². The molecule has 1 saturated heterocycles. The summed E-state index contributed by atoms with van der Waals surface area (Å²) < 4.78 is 0.590. The second-order valence-electron chi connectivity index (χ2n) is 5.44. The van der Waals surface area contributed by atoms with Gasteiger partial charge < -0.3 is 10.6 Å². The molecule has 1 fully saturated rings. The second kappa shape index (κ2) is 7.89. The Balaban J connectivity index is 0.00000242. The summed E-state index contributed by atoms with van der Waals surface area (Å²) in [5.41, 5.74) is 6.44. The predicted octanol–water partition coefficient (Wildman–Crippen LogP) is 2.52. The Bertz CT molecular complexity index is 570. The molecule has 1 aliphatic heterocycles. The molecule has 6 nitrogen and oxygen atoms in total. The van der Waals surface area contributed by atoms with Gasteiger partial charge in [-0.3, -0.25) is 14.9 Å². The highest BCUT2D eigenvalue weighted by Gasteiger charge is 2.31. The first kappa shape index (κ1) is 18.9. The molecule has 0 aromatic heterocycles. The molecule has 1 aromatic rings. The first-order valence-corrected chi connectivity index (χ1v) is 7.64. The predicted molar refractivity (Wildman–Crippen MR) is 90.1 cm³/mol. The Labute approximate surface area is 143 Å². The molecule has 0 radical (unpaired) electrons. The van der Waals surface area contributed by atoms with Gasteiger partial charge in [-0.15, -0.1) is 12.4 Å². The zero-order valence-electron chi connectivity index (χ0n) is 12.2. The number of hydrogen-bond acceptors (Lipinski definition) is 4. The summed E-state index contributed by atoms with van der Waals surface area (Å²) >= 11 is 3.30. The SMILES string of the molecule is CC1CC(CN)CN1C(=O)Cc1ccc([N+](=O)[O-])cc1Br.Cl. The summed E-state index contributed by atoms with van der Waals surface area (Å²) in [5.74, 6) is 0.400. The fourth-order valence-electron chi connectivity index (χ4n) is 2.72. The van der Waals surface area contributed by atoms with Gasteiger partial charge in [-0.2, -0.15) is 0 Å². The summed E-state index contributed by atoms with van der Waals surface area (Å²) in [6, 6.07) is 4.67. The quantitative estimate of drug-likeness (QED) is 0.630.